The number of nitrogens with zero attached hydrogens (tertiary/aromatic N) is 5. The van der Waals surface area contributed by atoms with Gasteiger partial charge >= 0.3 is 0 Å². The average Bonchev–Trinajstić information content (AvgIpc) is 3.53. The van der Waals surface area contributed by atoms with Gasteiger partial charge in [-0.25, -0.2) is 15.0 Å². The molecule has 0 unspecified atom stereocenters. The smallest absolute Gasteiger partial charge is 0.228 e. The van der Waals surface area contributed by atoms with Crippen molar-refractivity contribution in [2.75, 3.05) is 36.5 Å². The quantitative estimate of drug-likeness (QED) is 0.574. The molecular formula is C22H22N6O. The molecule has 3 aromatic heterocycles. The number of hydrogen-bond donors (Lipinski definition) is 1. The highest BCUT2D eigenvalue weighted by atomic mass is 16.5. The summed E-state index contributed by atoms with van der Waals surface area (Å²) < 4.78 is 7.78. The molecule has 0 spiro atoms. The Balaban J connectivity index is 1.31. The topological polar surface area (TPSA) is 68.1 Å². The summed E-state index contributed by atoms with van der Waals surface area (Å²) in [7, 11) is 0. The molecule has 4 heterocycles. The summed E-state index contributed by atoms with van der Waals surface area (Å²) >= 11 is 0. The molecule has 0 bridgehead atoms. The lowest BCUT2D eigenvalue weighted by Gasteiger charge is -2.28. The van der Waals surface area contributed by atoms with Crippen LogP contribution in [0.2, 0.25) is 0 Å². The van der Waals surface area contributed by atoms with Crippen LogP contribution in [0.1, 0.15) is 18.9 Å². The summed E-state index contributed by atoms with van der Waals surface area (Å²) in [6, 6.07) is 11.1. The second kappa shape index (κ2) is 6.70. The minimum Gasteiger partial charge on any atom is -0.378 e. The van der Waals surface area contributed by atoms with Gasteiger partial charge in [0.25, 0.3) is 0 Å². The highest BCUT2D eigenvalue weighted by Gasteiger charge is 2.25. The van der Waals surface area contributed by atoms with Gasteiger partial charge < -0.3 is 19.5 Å². The Morgan fingerprint density at radius 3 is 2.59 bits per heavy atom. The van der Waals surface area contributed by atoms with Crippen molar-refractivity contribution in [3.05, 3.63) is 48.9 Å². The van der Waals surface area contributed by atoms with Crippen LogP contribution < -0.4 is 10.2 Å². The van der Waals surface area contributed by atoms with Crippen molar-refractivity contribution in [1.82, 2.24) is 19.5 Å². The Kier molecular flexibility index (Phi) is 3.87. The molecule has 2 aliphatic rings. The van der Waals surface area contributed by atoms with E-state index in [9.17, 15) is 0 Å². The number of nitrogens with one attached hydrogen (secondary N) is 1. The zero-order chi connectivity index (χ0) is 19.2. The fraction of sp³-hybridized carbons (Fsp3) is 0.318. The number of benzene rings is 1. The molecular weight excluding hydrogens is 364 g/mol. The van der Waals surface area contributed by atoms with E-state index in [1.165, 1.54) is 23.7 Å². The van der Waals surface area contributed by atoms with Crippen LogP contribution in [0.4, 0.5) is 17.5 Å². The number of rotatable bonds is 4. The van der Waals surface area contributed by atoms with E-state index in [1.807, 2.05) is 18.5 Å². The van der Waals surface area contributed by atoms with Gasteiger partial charge in [-0.3, -0.25) is 0 Å². The largest absolute Gasteiger partial charge is 0.378 e. The van der Waals surface area contributed by atoms with Crippen LogP contribution in [0.15, 0.2) is 48.9 Å². The molecule has 146 valence electrons. The third kappa shape index (κ3) is 3.07. The predicted molar refractivity (Wildman–Crippen MR) is 114 cm³/mol. The molecule has 0 atom stereocenters. The van der Waals surface area contributed by atoms with Crippen molar-refractivity contribution < 1.29 is 4.74 Å². The molecule has 7 nitrogen and oxygen atoms in total. The van der Waals surface area contributed by atoms with Gasteiger partial charge in [-0.05, 0) is 31.0 Å². The monoisotopic (exact) mass is 386 g/mol. The number of anilines is 3. The van der Waals surface area contributed by atoms with Crippen LogP contribution in [0.25, 0.3) is 21.8 Å². The van der Waals surface area contributed by atoms with Crippen molar-refractivity contribution in [1.29, 1.82) is 0 Å². The van der Waals surface area contributed by atoms with Crippen molar-refractivity contribution in [3.63, 3.8) is 0 Å². The van der Waals surface area contributed by atoms with Gasteiger partial charge in [-0.1, -0.05) is 12.1 Å². The highest BCUT2D eigenvalue weighted by molar-refractivity contribution is 6.03. The highest BCUT2D eigenvalue weighted by Crippen LogP contribution is 2.39. The number of fused-ring (bicyclic) bond motifs is 3. The van der Waals surface area contributed by atoms with Gasteiger partial charge in [0.05, 0.1) is 30.6 Å². The van der Waals surface area contributed by atoms with Crippen LogP contribution in [-0.2, 0) is 4.74 Å². The Hall–Kier alpha value is -3.19. The Labute approximate surface area is 168 Å². The molecule has 1 aliphatic carbocycles. The van der Waals surface area contributed by atoms with Crippen LogP contribution in [0.3, 0.4) is 0 Å². The number of pyridine rings is 1. The van der Waals surface area contributed by atoms with Gasteiger partial charge in [0.15, 0.2) is 0 Å². The maximum absolute atomic E-state index is 5.42. The first-order valence-electron chi connectivity index (χ1n) is 10.2. The molecule has 7 heteroatoms. The summed E-state index contributed by atoms with van der Waals surface area (Å²) in [4.78, 5) is 16.2. The minimum atomic E-state index is 0.570. The molecule has 1 N–H and O–H groups in total. The van der Waals surface area contributed by atoms with E-state index < -0.39 is 0 Å². The molecule has 1 aromatic carbocycles. The molecule has 1 saturated carbocycles. The van der Waals surface area contributed by atoms with Crippen LogP contribution in [0, 0.1) is 0 Å². The molecule has 0 amide bonds. The summed E-state index contributed by atoms with van der Waals surface area (Å²) in [5, 5.41) is 5.54. The lowest BCUT2D eigenvalue weighted by Crippen LogP contribution is -2.36. The summed E-state index contributed by atoms with van der Waals surface area (Å²) in [5.74, 6) is 1.31. The number of aromatic nitrogens is 4. The number of ether oxygens (including phenoxy) is 1. The average molecular weight is 386 g/mol. The third-order valence-electron chi connectivity index (χ3n) is 5.73. The first kappa shape index (κ1) is 16.7. The molecule has 6 rings (SSSR count). The number of morpholine rings is 1. The van der Waals surface area contributed by atoms with Gasteiger partial charge in [0, 0.05) is 42.3 Å². The SMILES string of the molecule is c1cc(Nc2ncc3ccc4ccn(C5CC5)c4c3n2)ncc1N1CCOCC1. The van der Waals surface area contributed by atoms with E-state index in [2.05, 4.69) is 55.2 Å². The molecule has 1 aliphatic heterocycles. The second-order valence-corrected chi connectivity index (χ2v) is 7.72. The summed E-state index contributed by atoms with van der Waals surface area (Å²) in [6.07, 6.45) is 8.45. The van der Waals surface area contributed by atoms with E-state index in [0.717, 1.165) is 48.7 Å². The lowest BCUT2D eigenvalue weighted by molar-refractivity contribution is 0.122. The van der Waals surface area contributed by atoms with Gasteiger partial charge in [-0.2, -0.15) is 0 Å². The normalized spacial score (nSPS) is 17.2. The van der Waals surface area contributed by atoms with Crippen molar-refractivity contribution in [2.45, 2.75) is 18.9 Å². The molecule has 29 heavy (non-hydrogen) atoms. The van der Waals surface area contributed by atoms with Gasteiger partial charge in [0.1, 0.15) is 11.3 Å². The second-order valence-electron chi connectivity index (χ2n) is 7.72. The van der Waals surface area contributed by atoms with Crippen LogP contribution in [0.5, 0.6) is 0 Å². The Morgan fingerprint density at radius 1 is 0.931 bits per heavy atom. The van der Waals surface area contributed by atoms with Crippen LogP contribution >= 0.6 is 0 Å². The van der Waals surface area contributed by atoms with Crippen molar-refractivity contribution in [2.24, 2.45) is 0 Å². The summed E-state index contributed by atoms with van der Waals surface area (Å²) in [6.45, 7) is 3.34. The van der Waals surface area contributed by atoms with E-state index in [0.29, 0.717) is 12.0 Å². The van der Waals surface area contributed by atoms with Gasteiger partial charge in [0.2, 0.25) is 5.95 Å². The fourth-order valence-electron chi connectivity index (χ4n) is 4.04. The van der Waals surface area contributed by atoms with E-state index >= 15 is 0 Å². The Morgan fingerprint density at radius 2 is 1.79 bits per heavy atom. The third-order valence-corrected chi connectivity index (χ3v) is 5.73. The molecule has 2 fully saturated rings. The Bertz CT molecular complexity index is 1180. The fourth-order valence-corrected chi connectivity index (χ4v) is 4.04. The molecule has 1 saturated heterocycles. The van der Waals surface area contributed by atoms with Gasteiger partial charge in [-0.15, -0.1) is 0 Å². The maximum atomic E-state index is 5.42. The standard InChI is InChI=1S/C22H22N6O/c1-2-16-13-24-22(26-20(16)21-15(1)7-8-28(21)17-3-4-17)25-19-6-5-18(14-23-19)27-9-11-29-12-10-27/h1-2,5-8,13-14,17H,3-4,9-12H2,(H,23,24,25,26). The molecule has 4 aromatic rings. The first-order valence-corrected chi connectivity index (χ1v) is 10.2. The lowest BCUT2D eigenvalue weighted by atomic mass is 10.2. The zero-order valence-corrected chi connectivity index (χ0v) is 16.1. The summed E-state index contributed by atoms with van der Waals surface area (Å²) in [5.41, 5.74) is 3.30. The molecule has 0 radical (unpaired) electrons. The first-order chi connectivity index (χ1) is 14.3. The van der Waals surface area contributed by atoms with Crippen molar-refractivity contribution >= 4 is 39.3 Å². The minimum absolute atomic E-state index is 0.570. The van der Waals surface area contributed by atoms with E-state index in [-0.39, 0.29) is 0 Å². The van der Waals surface area contributed by atoms with Crippen LogP contribution in [-0.4, -0.2) is 45.8 Å². The number of hydrogen-bond acceptors (Lipinski definition) is 6. The maximum Gasteiger partial charge on any atom is 0.228 e. The van der Waals surface area contributed by atoms with E-state index in [1.54, 1.807) is 0 Å². The van der Waals surface area contributed by atoms with Crippen molar-refractivity contribution in [3.8, 4) is 0 Å². The van der Waals surface area contributed by atoms with E-state index in [4.69, 9.17) is 9.72 Å². The zero-order valence-electron chi connectivity index (χ0n) is 16.1. The predicted octanol–water partition coefficient (Wildman–Crippen LogP) is 3.89.